The molecular formula is C19H27F3N4O4. The summed E-state index contributed by atoms with van der Waals surface area (Å²) in [5, 5.41) is 2.34. The van der Waals surface area contributed by atoms with Crippen LogP contribution in [0.25, 0.3) is 0 Å². The number of halogens is 3. The minimum absolute atomic E-state index is 0.175. The fourth-order valence-corrected chi connectivity index (χ4v) is 2.45. The molecule has 1 atom stereocenters. The van der Waals surface area contributed by atoms with Gasteiger partial charge in [0, 0.05) is 6.20 Å². The summed E-state index contributed by atoms with van der Waals surface area (Å²) in [5.41, 5.74) is -1.89. The Morgan fingerprint density at radius 3 is 1.97 bits per heavy atom. The Labute approximate surface area is 173 Å². The van der Waals surface area contributed by atoms with E-state index in [4.69, 9.17) is 9.47 Å². The number of alkyl halides is 3. The lowest BCUT2D eigenvalue weighted by Crippen LogP contribution is -2.44. The summed E-state index contributed by atoms with van der Waals surface area (Å²) in [6.07, 6.45) is -4.63. The van der Waals surface area contributed by atoms with E-state index >= 15 is 0 Å². The van der Waals surface area contributed by atoms with Gasteiger partial charge in [0.2, 0.25) is 5.95 Å². The molecule has 1 aromatic rings. The number of amides is 2. The molecule has 2 amide bonds. The molecule has 0 bridgehead atoms. The number of anilines is 2. The van der Waals surface area contributed by atoms with Gasteiger partial charge >= 0.3 is 18.4 Å². The fourth-order valence-electron chi connectivity index (χ4n) is 2.45. The number of hydrogen-bond donors (Lipinski definition) is 1. The van der Waals surface area contributed by atoms with E-state index < -0.39 is 47.5 Å². The molecule has 1 aromatic heterocycles. The summed E-state index contributed by atoms with van der Waals surface area (Å²) in [5.74, 6) is -1.18. The highest BCUT2D eigenvalue weighted by Gasteiger charge is 2.49. The van der Waals surface area contributed by atoms with Crippen molar-refractivity contribution < 1.29 is 32.2 Å². The van der Waals surface area contributed by atoms with Gasteiger partial charge in [-0.1, -0.05) is 0 Å². The van der Waals surface area contributed by atoms with Gasteiger partial charge in [-0.2, -0.15) is 18.2 Å². The van der Waals surface area contributed by atoms with E-state index in [9.17, 15) is 22.8 Å². The van der Waals surface area contributed by atoms with Crippen molar-refractivity contribution in [3.63, 3.8) is 0 Å². The van der Waals surface area contributed by atoms with Crippen LogP contribution in [0.2, 0.25) is 0 Å². The molecule has 1 aliphatic carbocycles. The second-order valence-electron chi connectivity index (χ2n) is 9.04. The summed E-state index contributed by atoms with van der Waals surface area (Å²) < 4.78 is 50.4. The van der Waals surface area contributed by atoms with Crippen LogP contribution in [0, 0.1) is 5.92 Å². The number of carbonyl (C=O) groups excluding carboxylic acids is 2. The molecule has 1 heterocycles. The average Bonchev–Trinajstić information content (AvgIpc) is 3.33. The summed E-state index contributed by atoms with van der Waals surface area (Å²) in [4.78, 5) is 33.5. The lowest BCUT2D eigenvalue weighted by Gasteiger charge is -2.28. The molecule has 1 N–H and O–H groups in total. The second kappa shape index (κ2) is 8.27. The predicted octanol–water partition coefficient (Wildman–Crippen LogP) is 4.91. The number of nitrogens with zero attached hydrogens (tertiary/aromatic N) is 3. The van der Waals surface area contributed by atoms with E-state index in [-0.39, 0.29) is 5.82 Å². The van der Waals surface area contributed by atoms with Gasteiger partial charge in [-0.25, -0.2) is 14.6 Å². The predicted molar refractivity (Wildman–Crippen MR) is 103 cm³/mol. The maximum atomic E-state index is 13.3. The Kier molecular flexibility index (Phi) is 6.53. The van der Waals surface area contributed by atoms with E-state index in [1.165, 1.54) is 6.07 Å². The number of imide groups is 1. The van der Waals surface area contributed by atoms with Gasteiger partial charge < -0.3 is 14.8 Å². The zero-order valence-electron chi connectivity index (χ0n) is 17.8. The molecule has 0 aliphatic heterocycles. The molecule has 0 radical (unpaired) electrons. The highest BCUT2D eigenvalue weighted by molar-refractivity contribution is 6.08. The van der Waals surface area contributed by atoms with Crippen LogP contribution in [0.3, 0.4) is 0 Å². The van der Waals surface area contributed by atoms with Gasteiger partial charge in [-0.15, -0.1) is 4.90 Å². The van der Waals surface area contributed by atoms with Crippen LogP contribution in [0.5, 0.6) is 0 Å². The minimum atomic E-state index is -4.47. The van der Waals surface area contributed by atoms with Crippen LogP contribution in [-0.2, 0) is 9.47 Å². The van der Waals surface area contributed by atoms with Gasteiger partial charge in [0.1, 0.15) is 23.1 Å². The highest BCUT2D eigenvalue weighted by Crippen LogP contribution is 2.41. The van der Waals surface area contributed by atoms with Gasteiger partial charge in [0.25, 0.3) is 0 Å². The van der Waals surface area contributed by atoms with Gasteiger partial charge in [-0.3, -0.25) is 0 Å². The Balaban J connectivity index is 2.34. The molecule has 168 valence electrons. The molecular weight excluding hydrogens is 405 g/mol. The van der Waals surface area contributed by atoms with Crippen molar-refractivity contribution in [2.45, 2.75) is 77.8 Å². The van der Waals surface area contributed by atoms with Crippen LogP contribution in [0.15, 0.2) is 12.3 Å². The molecule has 30 heavy (non-hydrogen) atoms. The van der Waals surface area contributed by atoms with Crippen LogP contribution in [0.1, 0.15) is 54.4 Å². The number of nitrogens with one attached hydrogen (secondary N) is 1. The maximum Gasteiger partial charge on any atom is 0.427 e. The molecule has 8 nitrogen and oxygen atoms in total. The highest BCUT2D eigenvalue weighted by atomic mass is 19.4. The first-order valence-electron chi connectivity index (χ1n) is 9.49. The molecule has 0 spiro atoms. The molecule has 1 saturated carbocycles. The van der Waals surface area contributed by atoms with Gasteiger partial charge in [0.05, 0.1) is 0 Å². The SMILES string of the molecule is CC(C)(C)OC(=O)N(C(=O)OC(C)(C)C)c1nccc(NC(C2CC2)C(F)(F)F)n1. The van der Waals surface area contributed by atoms with Crippen molar-refractivity contribution in [1.29, 1.82) is 0 Å². The summed E-state index contributed by atoms with van der Waals surface area (Å²) in [6.45, 7) is 9.59. The Morgan fingerprint density at radius 2 is 1.57 bits per heavy atom. The molecule has 1 fully saturated rings. The topological polar surface area (TPSA) is 93.7 Å². The first kappa shape index (κ1) is 23.7. The number of ether oxygens (including phenoxy) is 2. The fraction of sp³-hybridized carbons (Fsp3) is 0.684. The lowest BCUT2D eigenvalue weighted by atomic mass is 10.2. The van der Waals surface area contributed by atoms with Crippen LogP contribution < -0.4 is 10.2 Å². The van der Waals surface area contributed by atoms with E-state index in [1.807, 2.05) is 0 Å². The first-order chi connectivity index (χ1) is 13.6. The first-order valence-corrected chi connectivity index (χ1v) is 9.49. The van der Waals surface area contributed by atoms with E-state index in [0.717, 1.165) is 6.20 Å². The maximum absolute atomic E-state index is 13.3. The minimum Gasteiger partial charge on any atom is -0.443 e. The zero-order chi connectivity index (χ0) is 22.9. The molecule has 1 aliphatic rings. The average molecular weight is 432 g/mol. The number of hydrogen-bond acceptors (Lipinski definition) is 7. The van der Waals surface area contributed by atoms with Crippen molar-refractivity contribution in [1.82, 2.24) is 9.97 Å². The Morgan fingerprint density at radius 1 is 1.07 bits per heavy atom. The molecule has 1 unspecified atom stereocenters. The largest absolute Gasteiger partial charge is 0.443 e. The van der Waals surface area contributed by atoms with E-state index in [1.54, 1.807) is 41.5 Å². The van der Waals surface area contributed by atoms with E-state index in [0.29, 0.717) is 17.7 Å². The van der Waals surface area contributed by atoms with Crippen molar-refractivity contribution in [2.75, 3.05) is 10.2 Å². The zero-order valence-corrected chi connectivity index (χ0v) is 17.8. The summed E-state index contributed by atoms with van der Waals surface area (Å²) in [6, 6.07) is -0.552. The quantitative estimate of drug-likeness (QED) is 0.723. The normalized spacial score (nSPS) is 15.9. The van der Waals surface area contributed by atoms with Crippen molar-refractivity contribution in [3.8, 4) is 0 Å². The summed E-state index contributed by atoms with van der Waals surface area (Å²) >= 11 is 0. The molecule has 0 saturated heterocycles. The molecule has 0 aromatic carbocycles. The lowest BCUT2D eigenvalue weighted by molar-refractivity contribution is -0.146. The molecule has 2 rings (SSSR count). The summed E-state index contributed by atoms with van der Waals surface area (Å²) in [7, 11) is 0. The van der Waals surface area contributed by atoms with Gasteiger partial charge in [0.15, 0.2) is 0 Å². The third kappa shape index (κ3) is 7.03. The third-order valence-corrected chi connectivity index (χ3v) is 3.74. The third-order valence-electron chi connectivity index (χ3n) is 3.74. The number of aromatic nitrogens is 2. The molecule has 11 heteroatoms. The van der Waals surface area contributed by atoms with Crippen molar-refractivity contribution >= 4 is 24.0 Å². The monoisotopic (exact) mass is 432 g/mol. The van der Waals surface area contributed by atoms with Crippen molar-refractivity contribution in [3.05, 3.63) is 12.3 Å². The second-order valence-corrected chi connectivity index (χ2v) is 9.04. The number of carbonyl (C=O) groups is 2. The van der Waals surface area contributed by atoms with E-state index in [2.05, 4.69) is 15.3 Å². The van der Waals surface area contributed by atoms with Crippen LogP contribution in [-0.4, -0.2) is 45.6 Å². The van der Waals surface area contributed by atoms with Crippen LogP contribution in [0.4, 0.5) is 34.5 Å². The van der Waals surface area contributed by atoms with Gasteiger partial charge in [-0.05, 0) is 66.4 Å². The smallest absolute Gasteiger partial charge is 0.427 e. The Bertz CT molecular complexity index is 755. The standard InChI is InChI=1S/C19H27F3N4O4/c1-17(2,3)29-15(27)26(16(28)30-18(4,5)6)14-23-10-9-12(25-14)24-13(11-7-8-11)19(20,21)22/h9-11,13H,7-8H2,1-6H3,(H,23,24,25). The van der Waals surface area contributed by atoms with Crippen molar-refractivity contribution in [2.24, 2.45) is 5.92 Å². The van der Waals surface area contributed by atoms with Crippen LogP contribution >= 0.6 is 0 Å². The number of rotatable bonds is 4. The Hall–Kier alpha value is -2.59.